The van der Waals surface area contributed by atoms with Crippen LogP contribution in [0, 0.1) is 5.92 Å². The van der Waals surface area contributed by atoms with Crippen molar-refractivity contribution >= 4 is 24.2 Å². The number of carbonyl (C=O) groups is 2. The van der Waals surface area contributed by atoms with Crippen LogP contribution in [0.3, 0.4) is 0 Å². The van der Waals surface area contributed by atoms with E-state index in [0.717, 1.165) is 32.4 Å². The number of hydrogen-bond acceptors (Lipinski definition) is 3. The first-order chi connectivity index (χ1) is 7.11. The van der Waals surface area contributed by atoms with Gasteiger partial charge in [-0.25, -0.2) is 0 Å². The number of rotatable bonds is 4. The van der Waals surface area contributed by atoms with E-state index in [9.17, 15) is 9.59 Å². The number of nitrogens with one attached hydrogen (secondary N) is 2. The van der Waals surface area contributed by atoms with Crippen molar-refractivity contribution < 1.29 is 9.59 Å². The maximum Gasteiger partial charge on any atom is 0.226 e. The van der Waals surface area contributed by atoms with Crippen LogP contribution in [0.5, 0.6) is 0 Å². The molecule has 6 heteroatoms. The summed E-state index contributed by atoms with van der Waals surface area (Å²) in [6.45, 7) is 1.50. The second kappa shape index (κ2) is 5.01. The highest BCUT2D eigenvalue weighted by Crippen LogP contribution is 2.35. The first-order valence-electron chi connectivity index (χ1n) is 5.42. The summed E-state index contributed by atoms with van der Waals surface area (Å²) in [5.41, 5.74) is 4.86. The Morgan fingerprint density at radius 1 is 1.38 bits per heavy atom. The zero-order valence-electron chi connectivity index (χ0n) is 9.12. The first-order valence-corrected chi connectivity index (χ1v) is 5.42. The van der Waals surface area contributed by atoms with E-state index in [2.05, 4.69) is 10.6 Å². The van der Waals surface area contributed by atoms with Gasteiger partial charge in [0.05, 0.1) is 5.92 Å². The van der Waals surface area contributed by atoms with Crippen LogP contribution in [-0.2, 0) is 9.59 Å². The Morgan fingerprint density at radius 3 is 2.31 bits per heavy atom. The first kappa shape index (κ1) is 13.3. The van der Waals surface area contributed by atoms with Crippen molar-refractivity contribution in [3.63, 3.8) is 0 Å². The predicted molar refractivity (Wildman–Crippen MR) is 62.1 cm³/mol. The third-order valence-electron chi connectivity index (χ3n) is 3.36. The number of halogens is 1. The number of primary amides is 1. The smallest absolute Gasteiger partial charge is 0.226 e. The molecule has 0 unspecified atom stereocenters. The molecule has 92 valence electrons. The topological polar surface area (TPSA) is 84.2 Å². The molecule has 0 aromatic rings. The largest absolute Gasteiger partial charge is 0.370 e. The molecule has 0 radical (unpaired) electrons. The lowest BCUT2D eigenvalue weighted by molar-refractivity contribution is -0.130. The summed E-state index contributed by atoms with van der Waals surface area (Å²) >= 11 is 0. The van der Waals surface area contributed by atoms with Crippen LogP contribution in [-0.4, -0.2) is 30.4 Å². The fraction of sp³-hybridized carbons (Fsp3) is 0.800. The number of carbonyl (C=O) groups excluding carboxylic acids is 2. The van der Waals surface area contributed by atoms with Gasteiger partial charge in [0.25, 0.3) is 0 Å². The summed E-state index contributed by atoms with van der Waals surface area (Å²) in [5, 5.41) is 6.04. The Bertz CT molecular complexity index is 288. The van der Waals surface area contributed by atoms with E-state index in [1.165, 1.54) is 0 Å². The molecule has 2 amide bonds. The van der Waals surface area contributed by atoms with Crippen LogP contribution in [0.25, 0.3) is 0 Å². The average molecular weight is 248 g/mol. The average Bonchev–Trinajstić information content (AvgIpc) is 1.95. The van der Waals surface area contributed by atoms with E-state index in [1.807, 2.05) is 0 Å². The molecule has 1 heterocycles. The fourth-order valence-corrected chi connectivity index (χ4v) is 2.12. The Balaban J connectivity index is 0.00000128. The SMILES string of the molecule is Cl.NC(=O)CC1(NC(=O)C2CNC2)CCC1. The Morgan fingerprint density at radius 2 is 2.00 bits per heavy atom. The molecule has 5 nitrogen and oxygen atoms in total. The van der Waals surface area contributed by atoms with Crippen LogP contribution in [0.15, 0.2) is 0 Å². The van der Waals surface area contributed by atoms with Gasteiger partial charge in [0.1, 0.15) is 0 Å². The zero-order chi connectivity index (χ0) is 10.9. The van der Waals surface area contributed by atoms with E-state index in [4.69, 9.17) is 5.73 Å². The molecule has 4 N–H and O–H groups in total. The molecule has 0 aromatic heterocycles. The van der Waals surface area contributed by atoms with Gasteiger partial charge in [0.15, 0.2) is 0 Å². The second-order valence-electron chi connectivity index (χ2n) is 4.62. The molecule has 1 saturated heterocycles. The third-order valence-corrected chi connectivity index (χ3v) is 3.36. The van der Waals surface area contributed by atoms with Crippen LogP contribution >= 0.6 is 12.4 Å². The Hall–Kier alpha value is -0.810. The minimum absolute atomic E-state index is 0. The van der Waals surface area contributed by atoms with Gasteiger partial charge in [-0.15, -0.1) is 12.4 Å². The van der Waals surface area contributed by atoms with Crippen molar-refractivity contribution in [3.8, 4) is 0 Å². The number of nitrogens with two attached hydrogens (primary N) is 1. The number of amides is 2. The van der Waals surface area contributed by atoms with Crippen LogP contribution in [0.1, 0.15) is 25.7 Å². The molecular formula is C10H18ClN3O2. The molecular weight excluding hydrogens is 230 g/mol. The Labute approximate surface area is 101 Å². The highest BCUT2D eigenvalue weighted by atomic mass is 35.5. The van der Waals surface area contributed by atoms with Crippen LogP contribution in [0.2, 0.25) is 0 Å². The predicted octanol–water partition coefficient (Wildman–Crippen LogP) is -0.458. The fourth-order valence-electron chi connectivity index (χ4n) is 2.12. The van der Waals surface area contributed by atoms with Gasteiger partial charge in [-0.3, -0.25) is 9.59 Å². The minimum Gasteiger partial charge on any atom is -0.370 e. The molecule has 2 aliphatic rings. The summed E-state index contributed by atoms with van der Waals surface area (Å²) in [6, 6.07) is 0. The van der Waals surface area contributed by atoms with Crippen molar-refractivity contribution in [3.05, 3.63) is 0 Å². The maximum atomic E-state index is 11.7. The normalized spacial score (nSPS) is 22.2. The lowest BCUT2D eigenvalue weighted by Gasteiger charge is -2.43. The van der Waals surface area contributed by atoms with Crippen molar-refractivity contribution in [2.45, 2.75) is 31.2 Å². The van der Waals surface area contributed by atoms with Gasteiger partial charge in [-0.05, 0) is 19.3 Å². The lowest BCUT2D eigenvalue weighted by atomic mass is 9.73. The van der Waals surface area contributed by atoms with Gasteiger partial charge >= 0.3 is 0 Å². The molecule has 1 aliphatic carbocycles. The monoisotopic (exact) mass is 247 g/mol. The molecule has 2 fully saturated rings. The molecule has 16 heavy (non-hydrogen) atoms. The van der Waals surface area contributed by atoms with Crippen LogP contribution in [0.4, 0.5) is 0 Å². The van der Waals surface area contributed by atoms with E-state index in [0.29, 0.717) is 0 Å². The van der Waals surface area contributed by atoms with Gasteiger partial charge in [-0.1, -0.05) is 0 Å². The summed E-state index contributed by atoms with van der Waals surface area (Å²) in [4.78, 5) is 22.6. The van der Waals surface area contributed by atoms with Crippen molar-refractivity contribution in [1.29, 1.82) is 0 Å². The highest BCUT2D eigenvalue weighted by molar-refractivity contribution is 5.85. The molecule has 1 saturated carbocycles. The number of hydrogen-bond donors (Lipinski definition) is 3. The van der Waals surface area contributed by atoms with Gasteiger partial charge in [0, 0.05) is 25.0 Å². The summed E-state index contributed by atoms with van der Waals surface area (Å²) in [7, 11) is 0. The van der Waals surface area contributed by atoms with Gasteiger partial charge < -0.3 is 16.4 Å². The molecule has 2 rings (SSSR count). The van der Waals surface area contributed by atoms with E-state index < -0.39 is 0 Å². The summed E-state index contributed by atoms with van der Waals surface area (Å²) in [5.74, 6) is -0.188. The minimum atomic E-state index is -0.332. The summed E-state index contributed by atoms with van der Waals surface area (Å²) in [6.07, 6.45) is 3.10. The van der Waals surface area contributed by atoms with E-state index in [1.54, 1.807) is 0 Å². The van der Waals surface area contributed by atoms with E-state index >= 15 is 0 Å². The molecule has 1 aliphatic heterocycles. The molecule has 0 atom stereocenters. The quantitative estimate of drug-likeness (QED) is 0.629. The third kappa shape index (κ3) is 2.65. The molecule has 0 spiro atoms. The van der Waals surface area contributed by atoms with Crippen molar-refractivity contribution in [2.75, 3.05) is 13.1 Å². The maximum absolute atomic E-state index is 11.7. The van der Waals surface area contributed by atoms with Crippen molar-refractivity contribution in [2.24, 2.45) is 11.7 Å². The highest BCUT2D eigenvalue weighted by Gasteiger charge is 2.41. The lowest BCUT2D eigenvalue weighted by Crippen LogP contribution is -2.60. The summed E-state index contributed by atoms with van der Waals surface area (Å²) < 4.78 is 0. The second-order valence-corrected chi connectivity index (χ2v) is 4.62. The van der Waals surface area contributed by atoms with Crippen LogP contribution < -0.4 is 16.4 Å². The van der Waals surface area contributed by atoms with Gasteiger partial charge in [-0.2, -0.15) is 0 Å². The molecule has 0 aromatic carbocycles. The molecule has 0 bridgehead atoms. The standard InChI is InChI=1S/C10H17N3O2.ClH/c11-8(14)4-10(2-1-3-10)13-9(15)7-5-12-6-7;/h7,12H,1-6H2,(H2,11,14)(H,13,15);1H. The Kier molecular flexibility index (Phi) is 4.15. The van der Waals surface area contributed by atoms with E-state index in [-0.39, 0.29) is 42.1 Å². The zero-order valence-corrected chi connectivity index (χ0v) is 9.94. The van der Waals surface area contributed by atoms with Crippen molar-refractivity contribution in [1.82, 2.24) is 10.6 Å². The van der Waals surface area contributed by atoms with Gasteiger partial charge in [0.2, 0.25) is 11.8 Å².